The molecule has 0 radical (unpaired) electrons. The number of H-pyrrole nitrogens is 1. The molecule has 0 unspecified atom stereocenters. The van der Waals surface area contributed by atoms with Gasteiger partial charge in [-0.15, -0.1) is 0 Å². The molecule has 0 spiro atoms. The monoisotopic (exact) mass is 687 g/mol. The fourth-order valence-corrected chi connectivity index (χ4v) is 5.67. The maximum absolute atomic E-state index is 14.0. The van der Waals surface area contributed by atoms with E-state index in [1.54, 1.807) is 30.0 Å². The number of carbonyl (C=O) groups excluding carboxylic acids is 2. The Morgan fingerprint density at radius 2 is 1.88 bits per heavy atom. The number of nitrogens with one attached hydrogen (secondary N) is 2. The van der Waals surface area contributed by atoms with E-state index in [4.69, 9.17) is 11.6 Å². The van der Waals surface area contributed by atoms with Crippen molar-refractivity contribution < 1.29 is 22.8 Å². The first kappa shape index (κ1) is 34.3. The number of alkyl halides is 3. The lowest BCUT2D eigenvalue weighted by atomic mass is 10.2. The molecule has 1 aromatic carbocycles. The summed E-state index contributed by atoms with van der Waals surface area (Å²) >= 11 is 6.09. The zero-order chi connectivity index (χ0) is 34.7. The van der Waals surface area contributed by atoms with Crippen molar-refractivity contribution in [2.24, 2.45) is 10.1 Å². The zero-order valence-electron chi connectivity index (χ0n) is 26.4. The zero-order valence-corrected chi connectivity index (χ0v) is 27.1. The van der Waals surface area contributed by atoms with Crippen LogP contribution in [0.2, 0.25) is 5.02 Å². The van der Waals surface area contributed by atoms with Crippen LogP contribution in [0.25, 0.3) is 11.0 Å². The highest BCUT2D eigenvalue weighted by atomic mass is 35.5. The van der Waals surface area contributed by atoms with Gasteiger partial charge in [-0.05, 0) is 44.8 Å². The maximum Gasteiger partial charge on any atom is 0.416 e. The van der Waals surface area contributed by atoms with Gasteiger partial charge in [0.1, 0.15) is 17.7 Å². The van der Waals surface area contributed by atoms with Gasteiger partial charge in [0.25, 0.3) is 11.5 Å². The second kappa shape index (κ2) is 14.0. The van der Waals surface area contributed by atoms with Gasteiger partial charge in [0.05, 0.1) is 40.5 Å². The molecule has 14 nitrogen and oxygen atoms in total. The smallest absolute Gasteiger partial charge is 0.362 e. The van der Waals surface area contributed by atoms with Crippen molar-refractivity contribution in [3.63, 3.8) is 0 Å². The number of imidazole rings is 1. The fourth-order valence-electron chi connectivity index (χ4n) is 5.44. The molecule has 1 aliphatic heterocycles. The number of pyridine rings is 1. The standard InChI is InChI=1S/C30H33ClF3N11O3/c1-5-22-26(42-10-12-43(13-11-42)27(47)25-24-21(8-9-36-25)37-16-38-24)28(48)45(35-2)29(39-17-41(3)4)44(22)15-23(46)40-20-7-6-18(14-19(20)31)30(32,33)34/h6-9,14,16H,2,5,10-13,15,17H2,1,3-4H3,(H,37,38)(H,40,46)/b39-29-. The molecule has 2 amide bonds. The third-order valence-corrected chi connectivity index (χ3v) is 8.00. The maximum atomic E-state index is 14.0. The normalized spacial score (nSPS) is 14.2. The summed E-state index contributed by atoms with van der Waals surface area (Å²) in [4.78, 5) is 62.0. The molecule has 0 saturated carbocycles. The number of amides is 2. The molecule has 0 bridgehead atoms. The average Bonchev–Trinajstić information content (AvgIpc) is 3.54. The van der Waals surface area contributed by atoms with Gasteiger partial charge in [-0.1, -0.05) is 18.5 Å². The summed E-state index contributed by atoms with van der Waals surface area (Å²) in [6.45, 7) is 6.24. The molecular formula is C30H33ClF3N11O3. The van der Waals surface area contributed by atoms with Gasteiger partial charge < -0.3 is 24.7 Å². The molecule has 4 heterocycles. The summed E-state index contributed by atoms with van der Waals surface area (Å²) in [5.41, 5.74) is 0.660. The summed E-state index contributed by atoms with van der Waals surface area (Å²) in [5.74, 6) is -0.923. The van der Waals surface area contributed by atoms with Crippen molar-refractivity contribution in [3.8, 4) is 0 Å². The molecule has 5 rings (SSSR count). The average molecular weight is 688 g/mol. The van der Waals surface area contributed by atoms with Gasteiger partial charge in [0.2, 0.25) is 11.5 Å². The van der Waals surface area contributed by atoms with Crippen molar-refractivity contribution in [1.29, 1.82) is 0 Å². The topological polar surface area (TPSA) is 149 Å². The van der Waals surface area contributed by atoms with Gasteiger partial charge in [-0.25, -0.2) is 15.0 Å². The minimum Gasteiger partial charge on any atom is -0.362 e. The van der Waals surface area contributed by atoms with Gasteiger partial charge in [-0.3, -0.25) is 19.3 Å². The summed E-state index contributed by atoms with van der Waals surface area (Å²) in [5, 5.41) is 6.21. The van der Waals surface area contributed by atoms with Crippen LogP contribution in [0.1, 0.15) is 28.7 Å². The lowest BCUT2D eigenvalue weighted by molar-refractivity contribution is -0.137. The summed E-state index contributed by atoms with van der Waals surface area (Å²) in [6, 6.07) is 4.35. The first-order chi connectivity index (χ1) is 22.8. The lowest BCUT2D eigenvalue weighted by Gasteiger charge is -2.37. The molecular weight excluding hydrogens is 655 g/mol. The largest absolute Gasteiger partial charge is 0.416 e. The number of nitrogens with zero attached hydrogens (tertiary/aromatic N) is 9. The Labute approximate surface area is 277 Å². The number of halogens is 4. The molecule has 0 atom stereocenters. The van der Waals surface area contributed by atoms with E-state index in [0.717, 1.165) is 22.9 Å². The number of hydrogen-bond donors (Lipinski definition) is 2. The van der Waals surface area contributed by atoms with Gasteiger partial charge in [0.15, 0.2) is 5.69 Å². The molecule has 254 valence electrons. The lowest BCUT2D eigenvalue weighted by Crippen LogP contribution is -2.53. The van der Waals surface area contributed by atoms with Gasteiger partial charge in [-0.2, -0.15) is 22.9 Å². The van der Waals surface area contributed by atoms with E-state index in [9.17, 15) is 27.6 Å². The van der Waals surface area contributed by atoms with Crippen LogP contribution in [-0.4, -0.2) is 99.5 Å². The van der Waals surface area contributed by atoms with E-state index in [-0.39, 0.29) is 73.0 Å². The number of piperazine rings is 1. The number of fused-ring (bicyclic) bond motifs is 1. The SMILES string of the molecule is C=Nn1c(=O)c(N2CCN(C(=O)c3nccc4[nH]cnc34)CC2)c(CC)n(CC(=O)Nc2ccc(C(F)(F)F)cc2Cl)/c1=N/CN(C)C. The van der Waals surface area contributed by atoms with Crippen LogP contribution in [0.15, 0.2) is 51.7 Å². The molecule has 18 heteroatoms. The van der Waals surface area contributed by atoms with Crippen LogP contribution in [0.3, 0.4) is 0 Å². The predicted octanol–water partition coefficient (Wildman–Crippen LogP) is 2.64. The van der Waals surface area contributed by atoms with Crippen molar-refractivity contribution >= 4 is 52.5 Å². The van der Waals surface area contributed by atoms with Gasteiger partial charge >= 0.3 is 6.18 Å². The minimum atomic E-state index is -4.61. The van der Waals surface area contributed by atoms with E-state index < -0.39 is 23.2 Å². The van der Waals surface area contributed by atoms with E-state index in [1.807, 2.05) is 11.8 Å². The Bertz CT molecular complexity index is 1990. The number of hydrogen-bond acceptors (Lipinski definition) is 9. The molecule has 2 N–H and O–H groups in total. The third-order valence-electron chi connectivity index (χ3n) is 7.69. The Morgan fingerprint density at radius 3 is 2.50 bits per heavy atom. The number of rotatable bonds is 9. The highest BCUT2D eigenvalue weighted by Gasteiger charge is 2.32. The molecule has 48 heavy (non-hydrogen) atoms. The van der Waals surface area contributed by atoms with Gasteiger partial charge in [0, 0.05) is 39.1 Å². The van der Waals surface area contributed by atoms with Crippen LogP contribution in [0.4, 0.5) is 24.5 Å². The molecule has 1 fully saturated rings. The van der Waals surface area contributed by atoms with Crippen molar-refractivity contribution in [3.05, 3.63) is 74.7 Å². The Kier molecular flexibility index (Phi) is 10.00. The van der Waals surface area contributed by atoms with Crippen LogP contribution in [0.5, 0.6) is 0 Å². The van der Waals surface area contributed by atoms with Crippen molar-refractivity contribution in [2.45, 2.75) is 26.1 Å². The molecule has 3 aromatic heterocycles. The third kappa shape index (κ3) is 6.96. The molecule has 1 saturated heterocycles. The van der Waals surface area contributed by atoms with E-state index in [0.29, 0.717) is 23.1 Å². The van der Waals surface area contributed by atoms with E-state index >= 15 is 0 Å². The minimum absolute atomic E-state index is 0.0173. The number of carbonyl (C=O) groups is 2. The predicted molar refractivity (Wildman–Crippen MR) is 174 cm³/mol. The second-order valence-corrected chi connectivity index (χ2v) is 11.6. The van der Waals surface area contributed by atoms with Crippen LogP contribution < -0.4 is 21.4 Å². The van der Waals surface area contributed by atoms with E-state index in [1.165, 1.54) is 17.1 Å². The summed E-state index contributed by atoms with van der Waals surface area (Å²) < 4.78 is 42.0. The number of benzene rings is 1. The van der Waals surface area contributed by atoms with Crippen LogP contribution in [-0.2, 0) is 23.9 Å². The Balaban J connectivity index is 1.48. The number of anilines is 2. The molecule has 0 aliphatic carbocycles. The summed E-state index contributed by atoms with van der Waals surface area (Å²) in [7, 11) is 3.55. The first-order valence-electron chi connectivity index (χ1n) is 14.8. The summed E-state index contributed by atoms with van der Waals surface area (Å²) in [6.07, 6.45) is -1.28. The quantitative estimate of drug-likeness (QED) is 0.257. The van der Waals surface area contributed by atoms with Crippen LogP contribution in [0, 0.1) is 0 Å². The highest BCUT2D eigenvalue weighted by Crippen LogP contribution is 2.33. The second-order valence-electron chi connectivity index (χ2n) is 11.2. The van der Waals surface area contributed by atoms with Crippen molar-refractivity contribution in [2.75, 3.05) is 57.2 Å². The van der Waals surface area contributed by atoms with Crippen molar-refractivity contribution in [1.82, 2.24) is 34.0 Å². The van der Waals surface area contributed by atoms with E-state index in [2.05, 4.69) is 37.1 Å². The fraction of sp³-hybridized carbons (Fsp3) is 0.367. The Hall–Kier alpha value is -5.03. The number of aromatic amines is 1. The van der Waals surface area contributed by atoms with Crippen LogP contribution >= 0.6 is 11.6 Å². The first-order valence-corrected chi connectivity index (χ1v) is 15.2. The Morgan fingerprint density at radius 1 is 1.15 bits per heavy atom. The number of aromatic nitrogens is 5. The highest BCUT2D eigenvalue weighted by molar-refractivity contribution is 6.33. The molecule has 1 aliphatic rings. The molecule has 4 aromatic rings.